The summed E-state index contributed by atoms with van der Waals surface area (Å²) in [7, 11) is -3.31. The van der Waals surface area contributed by atoms with E-state index in [9.17, 15) is 39.6 Å². The molecule has 2 atom stereocenters. The molecule has 0 aliphatic heterocycles. The van der Waals surface area contributed by atoms with E-state index in [-0.39, 0.29) is 28.5 Å². The molecule has 5 nitrogen and oxygen atoms in total. The Morgan fingerprint density at radius 3 is 1.97 bits per heavy atom. The minimum Gasteiger partial charge on any atom is -0.352 e. The van der Waals surface area contributed by atoms with Crippen molar-refractivity contribution in [2.75, 3.05) is 6.26 Å². The van der Waals surface area contributed by atoms with Crippen molar-refractivity contribution in [3.63, 3.8) is 0 Å². The summed E-state index contributed by atoms with van der Waals surface area (Å²) >= 11 is 0. The van der Waals surface area contributed by atoms with Gasteiger partial charge in [-0.1, -0.05) is 26.0 Å². The van der Waals surface area contributed by atoms with Crippen LogP contribution in [0.25, 0.3) is 0 Å². The lowest BCUT2D eigenvalue weighted by molar-refractivity contribution is -0.143. The van der Waals surface area contributed by atoms with Crippen LogP contribution in [0.4, 0.5) is 26.3 Å². The van der Waals surface area contributed by atoms with Crippen molar-refractivity contribution < 1.29 is 39.6 Å². The van der Waals surface area contributed by atoms with Gasteiger partial charge in [0, 0.05) is 25.4 Å². The summed E-state index contributed by atoms with van der Waals surface area (Å²) in [5.74, 6) is -0.545. The van der Waals surface area contributed by atoms with Crippen molar-refractivity contribution in [2.24, 2.45) is 11.3 Å². The van der Waals surface area contributed by atoms with Gasteiger partial charge in [0.15, 0.2) is 9.84 Å². The van der Waals surface area contributed by atoms with Crippen molar-refractivity contribution in [3.8, 4) is 0 Å². The summed E-state index contributed by atoms with van der Waals surface area (Å²) in [5, 5.41) is 5.94. The zero-order valence-electron chi connectivity index (χ0n) is 21.1. The lowest BCUT2D eigenvalue weighted by Crippen LogP contribution is -2.43. The van der Waals surface area contributed by atoms with Gasteiger partial charge in [0.2, 0.25) is 5.91 Å². The van der Waals surface area contributed by atoms with E-state index in [2.05, 4.69) is 10.6 Å². The van der Waals surface area contributed by atoms with Gasteiger partial charge < -0.3 is 10.6 Å². The maximum Gasteiger partial charge on any atom is 0.416 e. The highest BCUT2D eigenvalue weighted by Crippen LogP contribution is 2.45. The van der Waals surface area contributed by atoms with E-state index in [4.69, 9.17) is 0 Å². The number of carbonyl (C=O) groups is 1. The predicted octanol–water partition coefficient (Wildman–Crippen LogP) is 5.73. The number of rotatable bonds is 8. The van der Waals surface area contributed by atoms with Gasteiger partial charge in [0.25, 0.3) is 0 Å². The zero-order chi connectivity index (χ0) is 28.5. The minimum atomic E-state index is -4.96. The summed E-state index contributed by atoms with van der Waals surface area (Å²) in [6, 6.07) is 7.68. The molecule has 1 aliphatic carbocycles. The molecular formula is C26H30F6N2O3S. The largest absolute Gasteiger partial charge is 0.416 e. The van der Waals surface area contributed by atoms with Gasteiger partial charge in [0.1, 0.15) is 0 Å². The van der Waals surface area contributed by atoms with Crippen LogP contribution < -0.4 is 10.6 Å². The predicted molar refractivity (Wildman–Crippen MR) is 130 cm³/mol. The van der Waals surface area contributed by atoms with Crippen LogP contribution in [0.5, 0.6) is 0 Å². The molecule has 1 aliphatic rings. The van der Waals surface area contributed by atoms with Gasteiger partial charge in [-0.05, 0) is 66.6 Å². The number of carbonyl (C=O) groups excluding carboxylic acids is 1. The van der Waals surface area contributed by atoms with Crippen LogP contribution in [0.1, 0.15) is 55.4 Å². The molecule has 1 saturated carbocycles. The van der Waals surface area contributed by atoms with Gasteiger partial charge in [-0.15, -0.1) is 0 Å². The highest BCUT2D eigenvalue weighted by atomic mass is 32.2. The molecule has 2 N–H and O–H groups in total. The van der Waals surface area contributed by atoms with Gasteiger partial charge in [-0.25, -0.2) is 8.42 Å². The quantitative estimate of drug-likeness (QED) is 0.402. The number of hydrogen-bond acceptors (Lipinski definition) is 4. The second-order valence-electron chi connectivity index (χ2n) is 10.1. The zero-order valence-corrected chi connectivity index (χ0v) is 21.9. The standard InChI is InChI=1S/C26H30F6N2O3S/c1-16(2)24(9-8-21(13-24)33-14-17-4-6-22(7-5-17)38(3,36)37)23(35)34-15-18-10-19(25(27,28)29)12-20(11-18)26(30,31)32/h4-7,10-12,16,21,33H,8-9,13-15H2,1-3H3,(H,34,35)/t21-,24+/m1/s1. The van der Waals surface area contributed by atoms with Gasteiger partial charge >= 0.3 is 12.4 Å². The molecule has 2 aromatic carbocycles. The van der Waals surface area contributed by atoms with Crippen LogP contribution in [-0.4, -0.2) is 26.6 Å². The Bertz CT molecular complexity index is 1220. The fraction of sp³-hybridized carbons (Fsp3) is 0.500. The Morgan fingerprint density at radius 1 is 0.947 bits per heavy atom. The van der Waals surface area contributed by atoms with E-state index >= 15 is 0 Å². The average molecular weight is 565 g/mol. The average Bonchev–Trinajstić information content (AvgIpc) is 3.25. The molecule has 0 bridgehead atoms. The molecular weight excluding hydrogens is 534 g/mol. The number of nitrogens with one attached hydrogen (secondary N) is 2. The molecule has 1 fully saturated rings. The topological polar surface area (TPSA) is 75.3 Å². The monoisotopic (exact) mass is 564 g/mol. The Kier molecular flexibility index (Phi) is 8.57. The van der Waals surface area contributed by atoms with E-state index < -0.39 is 51.2 Å². The first-order chi connectivity index (χ1) is 17.4. The molecule has 1 amide bonds. The summed E-state index contributed by atoms with van der Waals surface area (Å²) < 4.78 is 102. The van der Waals surface area contributed by atoms with E-state index in [0.717, 1.165) is 11.8 Å². The van der Waals surface area contributed by atoms with E-state index in [1.807, 2.05) is 13.8 Å². The van der Waals surface area contributed by atoms with E-state index in [1.54, 1.807) is 12.1 Å². The van der Waals surface area contributed by atoms with Gasteiger partial charge in [0.05, 0.1) is 21.4 Å². The van der Waals surface area contributed by atoms with Crippen LogP contribution in [-0.2, 0) is 40.1 Å². The Labute approximate surface area is 217 Å². The van der Waals surface area contributed by atoms with Crippen molar-refractivity contribution in [1.29, 1.82) is 0 Å². The van der Waals surface area contributed by atoms with Crippen molar-refractivity contribution >= 4 is 15.7 Å². The first kappa shape index (κ1) is 29.9. The van der Waals surface area contributed by atoms with E-state index in [0.29, 0.717) is 37.9 Å². The molecule has 0 radical (unpaired) electrons. The molecule has 2 aromatic rings. The number of alkyl halides is 6. The third-order valence-corrected chi connectivity index (χ3v) is 8.28. The Hall–Kier alpha value is -2.60. The fourth-order valence-electron chi connectivity index (χ4n) is 4.84. The smallest absolute Gasteiger partial charge is 0.352 e. The molecule has 12 heteroatoms. The second kappa shape index (κ2) is 10.9. The normalized spacial score (nSPS) is 20.6. The lowest BCUT2D eigenvalue weighted by Gasteiger charge is -2.32. The van der Waals surface area contributed by atoms with Crippen LogP contribution in [0, 0.1) is 11.3 Å². The van der Waals surface area contributed by atoms with Crippen molar-refractivity contribution in [1.82, 2.24) is 10.6 Å². The maximum absolute atomic E-state index is 13.3. The van der Waals surface area contributed by atoms with Crippen LogP contribution in [0.3, 0.4) is 0 Å². The van der Waals surface area contributed by atoms with Gasteiger partial charge in [-0.3, -0.25) is 4.79 Å². The third-order valence-electron chi connectivity index (χ3n) is 7.15. The summed E-state index contributed by atoms with van der Waals surface area (Å²) in [4.78, 5) is 13.5. The van der Waals surface area contributed by atoms with Crippen LogP contribution >= 0.6 is 0 Å². The molecule has 38 heavy (non-hydrogen) atoms. The first-order valence-electron chi connectivity index (χ1n) is 12.0. The lowest BCUT2D eigenvalue weighted by atomic mass is 9.74. The molecule has 0 aromatic heterocycles. The fourth-order valence-corrected chi connectivity index (χ4v) is 5.47. The Morgan fingerprint density at radius 2 is 1.50 bits per heavy atom. The maximum atomic E-state index is 13.3. The number of sulfone groups is 1. The van der Waals surface area contributed by atoms with Crippen LogP contribution in [0.15, 0.2) is 47.4 Å². The summed E-state index contributed by atoms with van der Waals surface area (Å²) in [6.45, 7) is 3.69. The highest BCUT2D eigenvalue weighted by molar-refractivity contribution is 7.90. The first-order valence-corrected chi connectivity index (χ1v) is 13.9. The molecule has 0 unspecified atom stereocenters. The minimum absolute atomic E-state index is 0.0527. The number of hydrogen-bond donors (Lipinski definition) is 2. The van der Waals surface area contributed by atoms with Gasteiger partial charge in [-0.2, -0.15) is 26.3 Å². The second-order valence-corrected chi connectivity index (χ2v) is 12.2. The number of benzene rings is 2. The van der Waals surface area contributed by atoms with E-state index in [1.165, 1.54) is 12.1 Å². The SMILES string of the molecule is CC(C)[C@]1(C(=O)NCc2cc(C(F)(F)F)cc(C(F)(F)F)c2)CC[C@@H](NCc2ccc(S(C)(=O)=O)cc2)C1. The molecule has 0 spiro atoms. The number of amides is 1. The Balaban J connectivity index is 1.68. The van der Waals surface area contributed by atoms with Crippen molar-refractivity contribution in [2.45, 2.75) is 69.5 Å². The molecule has 0 saturated heterocycles. The molecule has 0 heterocycles. The summed E-state index contributed by atoms with van der Waals surface area (Å²) in [6.07, 6.45) is -7.22. The van der Waals surface area contributed by atoms with Crippen LogP contribution in [0.2, 0.25) is 0 Å². The van der Waals surface area contributed by atoms with Crippen molar-refractivity contribution in [3.05, 3.63) is 64.7 Å². The number of halogens is 6. The third kappa shape index (κ3) is 7.07. The summed E-state index contributed by atoms with van der Waals surface area (Å²) in [5.41, 5.74) is -3.13. The molecule has 210 valence electrons. The highest BCUT2D eigenvalue weighted by Gasteiger charge is 2.47. The molecule has 3 rings (SSSR count).